The lowest BCUT2D eigenvalue weighted by Crippen LogP contribution is -2.54. The van der Waals surface area contributed by atoms with E-state index in [0.717, 1.165) is 10.5 Å². The highest BCUT2D eigenvalue weighted by Crippen LogP contribution is 2.29. The average Bonchev–Trinajstić information content (AvgIpc) is 2.82. The van der Waals surface area contributed by atoms with Gasteiger partial charge in [-0.05, 0) is 53.6 Å². The Kier molecular flexibility index (Phi) is 6.08. The fraction of sp³-hybridized carbons (Fsp3) is 0.0800. The van der Waals surface area contributed by atoms with E-state index in [1.54, 1.807) is 24.3 Å². The summed E-state index contributed by atoms with van der Waals surface area (Å²) in [6.07, 6.45) is 1.33. The number of hydrogen-bond acceptors (Lipinski definition) is 6. The number of carbonyl (C=O) groups is 3. The third kappa shape index (κ3) is 4.69. The number of aromatic hydroxyl groups is 1. The lowest BCUT2D eigenvalue weighted by Gasteiger charge is -2.26. The molecule has 8 heteroatoms. The maximum Gasteiger partial charge on any atom is 0.335 e. The van der Waals surface area contributed by atoms with Crippen molar-refractivity contribution in [3.63, 3.8) is 0 Å². The number of phenols is 1. The minimum atomic E-state index is -0.844. The summed E-state index contributed by atoms with van der Waals surface area (Å²) in [5, 5.41) is 11.9. The first kappa shape index (κ1) is 21.6. The summed E-state index contributed by atoms with van der Waals surface area (Å²) in [6.45, 7) is 0.376. The number of carbonyl (C=O) groups excluding carboxylic acids is 3. The van der Waals surface area contributed by atoms with Crippen LogP contribution in [0.25, 0.3) is 6.08 Å². The molecule has 0 aromatic heterocycles. The van der Waals surface area contributed by atoms with Crippen LogP contribution in [0.5, 0.6) is 17.2 Å². The maximum atomic E-state index is 13.0. The fourth-order valence-electron chi connectivity index (χ4n) is 3.27. The molecule has 1 saturated heterocycles. The van der Waals surface area contributed by atoms with Crippen LogP contribution < -0.4 is 19.7 Å². The van der Waals surface area contributed by atoms with Crippen LogP contribution in [0, 0.1) is 0 Å². The van der Waals surface area contributed by atoms with Crippen LogP contribution in [-0.2, 0) is 16.2 Å². The summed E-state index contributed by atoms with van der Waals surface area (Å²) in [4.78, 5) is 38.7. The number of phenolic OH excluding ortho intramolecular Hbond substituents is 1. The van der Waals surface area contributed by atoms with E-state index < -0.39 is 17.8 Å². The second-order valence-electron chi connectivity index (χ2n) is 7.16. The lowest BCUT2D eigenvalue weighted by molar-refractivity contribution is -0.122. The molecule has 0 atom stereocenters. The Morgan fingerprint density at radius 1 is 0.970 bits per heavy atom. The van der Waals surface area contributed by atoms with E-state index in [0.29, 0.717) is 17.9 Å². The Bertz CT molecular complexity index is 1240. The molecular weight excluding hydrogens is 424 g/mol. The van der Waals surface area contributed by atoms with Gasteiger partial charge in [-0.15, -0.1) is 0 Å². The smallest absolute Gasteiger partial charge is 0.335 e. The molecule has 0 unspecified atom stereocenters. The first-order chi connectivity index (χ1) is 16.0. The van der Waals surface area contributed by atoms with Crippen molar-refractivity contribution in [3.05, 3.63) is 89.5 Å². The van der Waals surface area contributed by atoms with E-state index in [-0.39, 0.29) is 22.8 Å². The van der Waals surface area contributed by atoms with Crippen LogP contribution in [0.2, 0.25) is 0 Å². The minimum Gasteiger partial charge on any atom is -0.504 e. The van der Waals surface area contributed by atoms with Gasteiger partial charge in [-0.2, -0.15) is 0 Å². The predicted octanol–water partition coefficient (Wildman–Crippen LogP) is 3.65. The first-order valence-corrected chi connectivity index (χ1v) is 10.0. The number of anilines is 1. The van der Waals surface area contributed by atoms with Crippen molar-refractivity contribution in [2.24, 2.45) is 0 Å². The summed E-state index contributed by atoms with van der Waals surface area (Å²) in [5.41, 5.74) is 1.51. The fourth-order valence-corrected chi connectivity index (χ4v) is 3.27. The molecule has 1 aliphatic heterocycles. The topological polar surface area (TPSA) is 105 Å². The average molecular weight is 444 g/mol. The summed E-state index contributed by atoms with van der Waals surface area (Å²) < 4.78 is 10.8. The second kappa shape index (κ2) is 9.27. The summed E-state index contributed by atoms with van der Waals surface area (Å²) in [7, 11) is 1.39. The van der Waals surface area contributed by atoms with Gasteiger partial charge in [0.25, 0.3) is 11.8 Å². The van der Waals surface area contributed by atoms with Gasteiger partial charge in [-0.25, -0.2) is 9.69 Å². The third-order valence-corrected chi connectivity index (χ3v) is 4.96. The van der Waals surface area contributed by atoms with Gasteiger partial charge in [0.15, 0.2) is 11.5 Å². The molecule has 166 valence electrons. The molecule has 0 bridgehead atoms. The van der Waals surface area contributed by atoms with Crippen LogP contribution in [0.3, 0.4) is 0 Å². The molecule has 4 rings (SSSR count). The Balaban J connectivity index is 1.55. The number of barbiturate groups is 1. The molecule has 0 aliphatic carbocycles. The highest BCUT2D eigenvalue weighted by atomic mass is 16.5. The molecule has 33 heavy (non-hydrogen) atoms. The predicted molar refractivity (Wildman–Crippen MR) is 121 cm³/mol. The number of imide groups is 2. The van der Waals surface area contributed by atoms with E-state index in [1.807, 2.05) is 30.3 Å². The van der Waals surface area contributed by atoms with Gasteiger partial charge in [0.05, 0.1) is 12.8 Å². The van der Waals surface area contributed by atoms with E-state index in [1.165, 1.54) is 31.4 Å². The van der Waals surface area contributed by atoms with E-state index in [2.05, 4.69) is 5.32 Å². The van der Waals surface area contributed by atoms with Crippen molar-refractivity contribution in [2.75, 3.05) is 12.0 Å². The SMILES string of the molecule is COc1cc(C=C2C(=O)NC(=O)N(c3ccc(OCc4ccccc4)cc3)C2=O)ccc1O. The second-order valence-corrected chi connectivity index (χ2v) is 7.16. The maximum absolute atomic E-state index is 13.0. The Hall–Kier alpha value is -4.59. The van der Waals surface area contributed by atoms with Crippen molar-refractivity contribution in [3.8, 4) is 17.2 Å². The number of amides is 4. The number of nitrogens with one attached hydrogen (secondary N) is 1. The summed E-state index contributed by atoms with van der Waals surface area (Å²) in [6, 6.07) is 19.6. The highest BCUT2D eigenvalue weighted by Gasteiger charge is 2.36. The zero-order valence-corrected chi connectivity index (χ0v) is 17.6. The van der Waals surface area contributed by atoms with Crippen LogP contribution in [0.1, 0.15) is 11.1 Å². The van der Waals surface area contributed by atoms with Crippen LogP contribution >= 0.6 is 0 Å². The number of rotatable bonds is 6. The molecular formula is C25H20N2O6. The monoisotopic (exact) mass is 444 g/mol. The first-order valence-electron chi connectivity index (χ1n) is 10.0. The van der Waals surface area contributed by atoms with Crippen molar-refractivity contribution in [1.29, 1.82) is 0 Å². The Morgan fingerprint density at radius 2 is 1.70 bits per heavy atom. The van der Waals surface area contributed by atoms with Crippen molar-refractivity contribution in [2.45, 2.75) is 6.61 Å². The largest absolute Gasteiger partial charge is 0.504 e. The molecule has 0 saturated carbocycles. The highest BCUT2D eigenvalue weighted by molar-refractivity contribution is 6.39. The minimum absolute atomic E-state index is 0.0783. The van der Waals surface area contributed by atoms with Gasteiger partial charge in [0, 0.05) is 0 Å². The lowest BCUT2D eigenvalue weighted by atomic mass is 10.1. The molecule has 1 aliphatic rings. The molecule has 8 nitrogen and oxygen atoms in total. The molecule has 4 amide bonds. The van der Waals surface area contributed by atoms with Crippen molar-refractivity contribution < 1.29 is 29.0 Å². The number of nitrogens with zero attached hydrogens (tertiary/aromatic N) is 1. The Labute approximate surface area is 189 Å². The Morgan fingerprint density at radius 3 is 2.39 bits per heavy atom. The van der Waals surface area contributed by atoms with Crippen molar-refractivity contribution >= 4 is 29.6 Å². The van der Waals surface area contributed by atoms with Gasteiger partial charge < -0.3 is 14.6 Å². The van der Waals surface area contributed by atoms with E-state index >= 15 is 0 Å². The number of urea groups is 1. The summed E-state index contributed by atoms with van der Waals surface area (Å²) >= 11 is 0. The zero-order chi connectivity index (χ0) is 23.4. The van der Waals surface area contributed by atoms with E-state index in [4.69, 9.17) is 9.47 Å². The molecule has 1 heterocycles. The summed E-state index contributed by atoms with van der Waals surface area (Å²) in [5.74, 6) is -0.905. The molecule has 1 fully saturated rings. The molecule has 3 aromatic rings. The number of methoxy groups -OCH3 is 1. The molecule has 2 N–H and O–H groups in total. The normalized spacial score (nSPS) is 14.9. The number of hydrogen-bond donors (Lipinski definition) is 2. The number of benzene rings is 3. The van der Waals surface area contributed by atoms with Crippen LogP contribution in [-0.4, -0.2) is 30.1 Å². The van der Waals surface area contributed by atoms with Gasteiger partial charge in [-0.3, -0.25) is 14.9 Å². The van der Waals surface area contributed by atoms with E-state index in [9.17, 15) is 19.5 Å². The quantitative estimate of drug-likeness (QED) is 0.444. The van der Waals surface area contributed by atoms with Gasteiger partial charge in [0.1, 0.15) is 17.9 Å². The standard InChI is InChI=1S/C25H20N2O6/c1-32-22-14-17(7-12-21(22)28)13-20-23(29)26-25(31)27(24(20)30)18-8-10-19(11-9-18)33-15-16-5-3-2-4-6-16/h2-14,28H,15H2,1H3,(H,26,29,31). The van der Waals surface area contributed by atoms with Crippen LogP contribution in [0.4, 0.5) is 10.5 Å². The van der Waals surface area contributed by atoms with Crippen LogP contribution in [0.15, 0.2) is 78.4 Å². The zero-order valence-electron chi connectivity index (χ0n) is 17.6. The van der Waals surface area contributed by atoms with Crippen molar-refractivity contribution in [1.82, 2.24) is 5.32 Å². The molecule has 3 aromatic carbocycles. The van der Waals surface area contributed by atoms with Gasteiger partial charge >= 0.3 is 6.03 Å². The van der Waals surface area contributed by atoms with Gasteiger partial charge in [0.2, 0.25) is 0 Å². The number of ether oxygens (including phenoxy) is 2. The van der Waals surface area contributed by atoms with Gasteiger partial charge in [-0.1, -0.05) is 36.4 Å². The molecule has 0 spiro atoms. The molecule has 0 radical (unpaired) electrons. The third-order valence-electron chi connectivity index (χ3n) is 4.96.